The van der Waals surface area contributed by atoms with Gasteiger partial charge in [0.25, 0.3) is 5.91 Å². The van der Waals surface area contributed by atoms with Crippen LogP contribution >= 0.6 is 23.1 Å². The zero-order valence-electron chi connectivity index (χ0n) is 14.6. The zero-order chi connectivity index (χ0) is 17.9. The van der Waals surface area contributed by atoms with Crippen LogP contribution in [-0.4, -0.2) is 23.3 Å². The first-order chi connectivity index (χ1) is 11.2. The van der Waals surface area contributed by atoms with Crippen molar-refractivity contribution in [1.29, 1.82) is 0 Å². The van der Waals surface area contributed by atoms with Gasteiger partial charge in [0.2, 0.25) is 5.91 Å². The van der Waals surface area contributed by atoms with E-state index in [1.54, 1.807) is 6.08 Å². The van der Waals surface area contributed by atoms with Crippen molar-refractivity contribution in [3.63, 3.8) is 0 Å². The van der Waals surface area contributed by atoms with Gasteiger partial charge >= 0.3 is 0 Å². The van der Waals surface area contributed by atoms with Crippen LogP contribution in [0.25, 0.3) is 0 Å². The van der Waals surface area contributed by atoms with Crippen LogP contribution in [0.15, 0.2) is 12.7 Å². The largest absolute Gasteiger partial charge is 0.365 e. The van der Waals surface area contributed by atoms with Gasteiger partial charge in [-0.15, -0.1) is 29.7 Å². The molecule has 0 radical (unpaired) electrons. The molecule has 0 aromatic carbocycles. The molecule has 0 fully saturated rings. The summed E-state index contributed by atoms with van der Waals surface area (Å²) in [5, 5.41) is 3.50. The van der Waals surface area contributed by atoms with Gasteiger partial charge in [-0.1, -0.05) is 26.8 Å². The number of thioether (sulfide) groups is 1. The number of amides is 2. The van der Waals surface area contributed by atoms with E-state index in [2.05, 4.69) is 32.7 Å². The van der Waals surface area contributed by atoms with Crippen LogP contribution < -0.4 is 11.1 Å². The second-order valence-electron chi connectivity index (χ2n) is 7.23. The Morgan fingerprint density at radius 2 is 2.17 bits per heavy atom. The topological polar surface area (TPSA) is 72.2 Å². The van der Waals surface area contributed by atoms with Crippen molar-refractivity contribution in [2.75, 3.05) is 16.8 Å². The Balaban J connectivity index is 2.21. The van der Waals surface area contributed by atoms with Crippen LogP contribution in [0.1, 0.15) is 48.0 Å². The number of nitrogens with one attached hydrogen (secondary N) is 1. The summed E-state index contributed by atoms with van der Waals surface area (Å²) >= 11 is 3.01. The third-order valence-electron chi connectivity index (χ3n) is 4.46. The lowest BCUT2D eigenvalue weighted by Crippen LogP contribution is -2.27. The van der Waals surface area contributed by atoms with Crippen LogP contribution in [0.5, 0.6) is 0 Å². The van der Waals surface area contributed by atoms with Gasteiger partial charge in [0.15, 0.2) is 0 Å². The Bertz CT molecular complexity index is 644. The fraction of sp³-hybridized carbons (Fsp3) is 0.556. The first-order valence-corrected chi connectivity index (χ1v) is 10.1. The summed E-state index contributed by atoms with van der Waals surface area (Å²) in [4.78, 5) is 25.2. The summed E-state index contributed by atoms with van der Waals surface area (Å²) in [5.41, 5.74) is 7.40. The minimum atomic E-state index is -0.448. The molecule has 6 heteroatoms. The molecule has 132 valence electrons. The molecule has 1 aliphatic carbocycles. The van der Waals surface area contributed by atoms with E-state index in [1.807, 2.05) is 0 Å². The number of fused-ring (bicyclic) bond motifs is 1. The first-order valence-electron chi connectivity index (χ1n) is 8.16. The second-order valence-corrected chi connectivity index (χ2v) is 9.37. The van der Waals surface area contributed by atoms with Crippen LogP contribution in [0.2, 0.25) is 0 Å². The standard InChI is InChI=1S/C18H26N2O2S2/c1-5-8-23-10-14(21)20-17-15(16(19)22)12-7-6-11(18(2,3)4)9-13(12)24-17/h5,11H,1,6-10H2,2-4H3,(H2,19,22)(H,20,21). The van der Waals surface area contributed by atoms with E-state index >= 15 is 0 Å². The molecule has 24 heavy (non-hydrogen) atoms. The summed E-state index contributed by atoms with van der Waals surface area (Å²) in [5.74, 6) is 1.10. The van der Waals surface area contributed by atoms with Gasteiger partial charge in [-0.25, -0.2) is 0 Å². The van der Waals surface area contributed by atoms with Crippen LogP contribution in [0.3, 0.4) is 0 Å². The highest BCUT2D eigenvalue weighted by Gasteiger charge is 2.33. The van der Waals surface area contributed by atoms with Crippen molar-refractivity contribution < 1.29 is 9.59 Å². The number of anilines is 1. The summed E-state index contributed by atoms with van der Waals surface area (Å²) < 4.78 is 0. The van der Waals surface area contributed by atoms with E-state index in [4.69, 9.17) is 5.73 Å². The van der Waals surface area contributed by atoms with Crippen molar-refractivity contribution in [2.45, 2.75) is 40.0 Å². The highest BCUT2D eigenvalue weighted by atomic mass is 32.2. The summed E-state index contributed by atoms with van der Waals surface area (Å²) in [7, 11) is 0. The smallest absolute Gasteiger partial charge is 0.251 e. The minimum Gasteiger partial charge on any atom is -0.365 e. The third-order valence-corrected chi connectivity index (χ3v) is 6.57. The fourth-order valence-corrected chi connectivity index (χ4v) is 4.96. The van der Waals surface area contributed by atoms with Crippen molar-refractivity contribution in [3.8, 4) is 0 Å². The molecule has 2 rings (SSSR count). The van der Waals surface area contributed by atoms with Crippen LogP contribution in [0.4, 0.5) is 5.00 Å². The Labute approximate surface area is 152 Å². The van der Waals surface area contributed by atoms with Crippen molar-refractivity contribution in [2.24, 2.45) is 17.1 Å². The molecule has 3 N–H and O–H groups in total. The summed E-state index contributed by atoms with van der Waals surface area (Å²) in [6, 6.07) is 0. The predicted molar refractivity (Wildman–Crippen MR) is 104 cm³/mol. The van der Waals surface area contributed by atoms with Crippen LogP contribution in [-0.2, 0) is 17.6 Å². The molecule has 1 heterocycles. The van der Waals surface area contributed by atoms with E-state index in [-0.39, 0.29) is 11.3 Å². The van der Waals surface area contributed by atoms with Gasteiger partial charge in [-0.05, 0) is 36.2 Å². The van der Waals surface area contributed by atoms with Crippen molar-refractivity contribution >= 4 is 39.9 Å². The average Bonchev–Trinajstić information content (AvgIpc) is 2.83. The minimum absolute atomic E-state index is 0.102. The molecule has 4 nitrogen and oxygen atoms in total. The van der Waals surface area contributed by atoms with Crippen LogP contribution in [0, 0.1) is 11.3 Å². The lowest BCUT2D eigenvalue weighted by atomic mass is 9.72. The molecule has 0 aliphatic heterocycles. The fourth-order valence-electron chi connectivity index (χ4n) is 3.07. The maximum absolute atomic E-state index is 12.1. The number of hydrogen-bond donors (Lipinski definition) is 2. The highest BCUT2D eigenvalue weighted by Crippen LogP contribution is 2.44. The van der Waals surface area contributed by atoms with Gasteiger partial charge in [0.1, 0.15) is 5.00 Å². The number of hydrogen-bond acceptors (Lipinski definition) is 4. The lowest BCUT2D eigenvalue weighted by molar-refractivity contribution is -0.113. The predicted octanol–water partition coefficient (Wildman–Crippen LogP) is 3.86. The highest BCUT2D eigenvalue weighted by molar-refractivity contribution is 8.00. The molecule has 2 amide bonds. The SMILES string of the molecule is C=CCSCC(=O)Nc1sc2c(c1C(N)=O)CCC(C(C)(C)C)C2. The molecule has 0 saturated heterocycles. The lowest BCUT2D eigenvalue weighted by Gasteiger charge is -2.33. The van der Waals surface area contributed by atoms with E-state index in [0.717, 1.165) is 30.6 Å². The average molecular weight is 367 g/mol. The third kappa shape index (κ3) is 4.42. The monoisotopic (exact) mass is 366 g/mol. The Morgan fingerprint density at radius 3 is 2.75 bits per heavy atom. The molecule has 0 bridgehead atoms. The Hall–Kier alpha value is -1.27. The van der Waals surface area contributed by atoms with Crippen molar-refractivity contribution in [3.05, 3.63) is 28.7 Å². The van der Waals surface area contributed by atoms with Gasteiger partial charge in [0.05, 0.1) is 11.3 Å². The zero-order valence-corrected chi connectivity index (χ0v) is 16.2. The first kappa shape index (κ1) is 19.1. The number of rotatable bonds is 6. The Kier molecular flexibility index (Phi) is 6.15. The van der Waals surface area contributed by atoms with Gasteiger partial charge in [-0.2, -0.15) is 0 Å². The van der Waals surface area contributed by atoms with Gasteiger partial charge in [0, 0.05) is 10.6 Å². The molecule has 1 aromatic rings. The molecule has 0 saturated carbocycles. The molecule has 1 aromatic heterocycles. The Morgan fingerprint density at radius 1 is 1.46 bits per heavy atom. The molecule has 1 unspecified atom stereocenters. The number of carbonyl (C=O) groups is 2. The molecular weight excluding hydrogens is 340 g/mol. The number of thiophene rings is 1. The molecule has 1 atom stereocenters. The number of nitrogens with two attached hydrogens (primary N) is 1. The molecule has 0 spiro atoms. The van der Waals surface area contributed by atoms with E-state index in [0.29, 0.717) is 22.2 Å². The van der Waals surface area contributed by atoms with E-state index < -0.39 is 5.91 Å². The van der Waals surface area contributed by atoms with E-state index in [1.165, 1.54) is 28.0 Å². The number of carbonyl (C=O) groups excluding carboxylic acids is 2. The quantitative estimate of drug-likeness (QED) is 0.593. The summed E-state index contributed by atoms with van der Waals surface area (Å²) in [6.45, 7) is 10.4. The van der Waals surface area contributed by atoms with E-state index in [9.17, 15) is 9.59 Å². The normalized spacial score (nSPS) is 17.2. The second kappa shape index (κ2) is 7.74. The maximum Gasteiger partial charge on any atom is 0.251 e. The van der Waals surface area contributed by atoms with Crippen molar-refractivity contribution in [1.82, 2.24) is 0 Å². The number of primary amides is 1. The van der Waals surface area contributed by atoms with Gasteiger partial charge in [-0.3, -0.25) is 9.59 Å². The van der Waals surface area contributed by atoms with Gasteiger partial charge < -0.3 is 11.1 Å². The summed E-state index contributed by atoms with van der Waals surface area (Å²) in [6.07, 6.45) is 4.62. The molecular formula is C18H26N2O2S2. The maximum atomic E-state index is 12.1. The molecule has 1 aliphatic rings.